The molecular formula is C30H34Cl3N3O4S. The van der Waals surface area contributed by atoms with Crippen LogP contribution in [0.3, 0.4) is 0 Å². The zero-order valence-electron chi connectivity index (χ0n) is 23.6. The standard InChI is InChI=1S/C30H34Cl3N3O4S/c1-6-27(29(38)34-30(3,4)5)35(18-21-9-16-25(32)26(33)17-21)28(37)19-36(23-12-7-20(2)8-13-23)41(39,40)24-14-10-22(31)11-15-24/h7-17,27H,6,18-19H2,1-5H3,(H,34,38). The number of carbonyl (C=O) groups excluding carboxylic acids is 2. The number of nitrogens with zero attached hydrogens (tertiary/aromatic N) is 2. The van der Waals surface area contributed by atoms with E-state index in [9.17, 15) is 18.0 Å². The van der Waals surface area contributed by atoms with E-state index in [4.69, 9.17) is 34.8 Å². The molecule has 7 nitrogen and oxygen atoms in total. The predicted octanol–water partition coefficient (Wildman–Crippen LogP) is 6.87. The Labute approximate surface area is 257 Å². The molecule has 1 N–H and O–H groups in total. The molecule has 0 radical (unpaired) electrons. The van der Waals surface area contributed by atoms with Crippen LogP contribution in [0.25, 0.3) is 0 Å². The molecule has 0 aromatic heterocycles. The van der Waals surface area contributed by atoms with Crippen LogP contribution in [0.1, 0.15) is 45.2 Å². The van der Waals surface area contributed by atoms with Crippen molar-refractivity contribution >= 4 is 62.3 Å². The highest BCUT2D eigenvalue weighted by molar-refractivity contribution is 7.92. The molecule has 0 aliphatic rings. The molecule has 0 saturated carbocycles. The number of benzene rings is 3. The van der Waals surface area contributed by atoms with Gasteiger partial charge in [0.2, 0.25) is 11.8 Å². The molecule has 0 saturated heterocycles. The van der Waals surface area contributed by atoms with E-state index in [1.54, 1.807) is 49.4 Å². The lowest BCUT2D eigenvalue weighted by Crippen LogP contribution is -2.55. The number of rotatable bonds is 10. The Morgan fingerprint density at radius 1 is 0.902 bits per heavy atom. The molecule has 0 fully saturated rings. The third-order valence-electron chi connectivity index (χ3n) is 6.22. The number of aryl methyl sites for hydroxylation is 1. The number of carbonyl (C=O) groups is 2. The van der Waals surface area contributed by atoms with Crippen molar-refractivity contribution in [3.8, 4) is 0 Å². The molecule has 220 valence electrons. The normalized spacial score (nSPS) is 12.5. The number of anilines is 1. The number of halogens is 3. The summed E-state index contributed by atoms with van der Waals surface area (Å²) in [6, 6.07) is 16.6. The highest BCUT2D eigenvalue weighted by Gasteiger charge is 2.34. The number of nitrogens with one attached hydrogen (secondary N) is 1. The van der Waals surface area contributed by atoms with E-state index < -0.39 is 34.1 Å². The monoisotopic (exact) mass is 637 g/mol. The van der Waals surface area contributed by atoms with Crippen molar-refractivity contribution in [2.24, 2.45) is 0 Å². The third kappa shape index (κ3) is 8.61. The number of hydrogen-bond donors (Lipinski definition) is 1. The molecular weight excluding hydrogens is 605 g/mol. The fourth-order valence-corrected chi connectivity index (χ4v) is 6.04. The summed E-state index contributed by atoms with van der Waals surface area (Å²) in [7, 11) is -4.19. The van der Waals surface area contributed by atoms with Gasteiger partial charge < -0.3 is 10.2 Å². The maximum Gasteiger partial charge on any atom is 0.264 e. The first-order valence-corrected chi connectivity index (χ1v) is 15.6. The van der Waals surface area contributed by atoms with Crippen LogP contribution < -0.4 is 9.62 Å². The largest absolute Gasteiger partial charge is 0.350 e. The Balaban J connectivity index is 2.08. The van der Waals surface area contributed by atoms with Crippen LogP contribution >= 0.6 is 34.8 Å². The van der Waals surface area contributed by atoms with Crippen LogP contribution in [0.2, 0.25) is 15.1 Å². The van der Waals surface area contributed by atoms with Crippen LogP contribution in [-0.4, -0.2) is 43.3 Å². The average Bonchev–Trinajstić information content (AvgIpc) is 2.89. The molecule has 0 bridgehead atoms. The van der Waals surface area contributed by atoms with Crippen molar-refractivity contribution in [1.82, 2.24) is 10.2 Å². The van der Waals surface area contributed by atoms with Gasteiger partial charge in [-0.05, 0) is 88.2 Å². The highest BCUT2D eigenvalue weighted by Crippen LogP contribution is 2.27. The zero-order valence-corrected chi connectivity index (χ0v) is 26.7. The first-order valence-electron chi connectivity index (χ1n) is 13.0. The van der Waals surface area contributed by atoms with E-state index >= 15 is 0 Å². The van der Waals surface area contributed by atoms with Gasteiger partial charge in [-0.1, -0.05) is 65.5 Å². The third-order valence-corrected chi connectivity index (χ3v) is 9.00. The molecule has 3 aromatic carbocycles. The van der Waals surface area contributed by atoms with Gasteiger partial charge in [-0.2, -0.15) is 0 Å². The smallest absolute Gasteiger partial charge is 0.264 e. The lowest BCUT2D eigenvalue weighted by molar-refractivity contribution is -0.141. The Bertz CT molecular complexity index is 1490. The van der Waals surface area contributed by atoms with Crippen LogP contribution in [0.5, 0.6) is 0 Å². The van der Waals surface area contributed by atoms with Gasteiger partial charge in [-0.25, -0.2) is 8.42 Å². The van der Waals surface area contributed by atoms with Crippen molar-refractivity contribution in [1.29, 1.82) is 0 Å². The maximum atomic E-state index is 14.1. The van der Waals surface area contributed by atoms with Gasteiger partial charge in [-0.15, -0.1) is 0 Å². The molecule has 1 atom stereocenters. The minimum Gasteiger partial charge on any atom is -0.350 e. The van der Waals surface area contributed by atoms with E-state index in [0.29, 0.717) is 32.7 Å². The SMILES string of the molecule is CCC(C(=O)NC(C)(C)C)N(Cc1ccc(Cl)c(Cl)c1)C(=O)CN(c1ccc(C)cc1)S(=O)(=O)c1ccc(Cl)cc1. The second kappa shape index (κ2) is 13.5. The maximum absolute atomic E-state index is 14.1. The molecule has 0 aliphatic heterocycles. The lowest BCUT2D eigenvalue weighted by atomic mass is 10.1. The van der Waals surface area contributed by atoms with Gasteiger partial charge in [0.15, 0.2) is 0 Å². The minimum absolute atomic E-state index is 0.00845. The zero-order chi connectivity index (χ0) is 30.5. The van der Waals surface area contributed by atoms with E-state index in [1.165, 1.54) is 29.2 Å². The summed E-state index contributed by atoms with van der Waals surface area (Å²) in [4.78, 5) is 28.9. The fourth-order valence-electron chi connectivity index (χ4n) is 4.18. The fraction of sp³-hybridized carbons (Fsp3) is 0.333. The van der Waals surface area contributed by atoms with E-state index in [-0.39, 0.29) is 17.3 Å². The summed E-state index contributed by atoms with van der Waals surface area (Å²) in [5, 5.41) is 3.97. The van der Waals surface area contributed by atoms with Crippen molar-refractivity contribution in [3.05, 3.63) is 92.9 Å². The van der Waals surface area contributed by atoms with Crippen LogP contribution in [0.15, 0.2) is 71.6 Å². The molecule has 0 heterocycles. The van der Waals surface area contributed by atoms with Gasteiger partial charge in [0, 0.05) is 17.1 Å². The predicted molar refractivity (Wildman–Crippen MR) is 166 cm³/mol. The number of hydrogen-bond acceptors (Lipinski definition) is 4. The Morgan fingerprint density at radius 3 is 2.05 bits per heavy atom. The van der Waals surface area contributed by atoms with Crippen LogP contribution in [-0.2, 0) is 26.2 Å². The molecule has 2 amide bonds. The molecule has 3 rings (SSSR count). The van der Waals surface area contributed by atoms with Gasteiger partial charge in [0.1, 0.15) is 12.6 Å². The highest BCUT2D eigenvalue weighted by atomic mass is 35.5. The summed E-state index contributed by atoms with van der Waals surface area (Å²) in [6.45, 7) is 8.68. The molecule has 41 heavy (non-hydrogen) atoms. The molecule has 3 aromatic rings. The summed E-state index contributed by atoms with van der Waals surface area (Å²) < 4.78 is 28.8. The van der Waals surface area contributed by atoms with Crippen molar-refractivity contribution in [2.45, 2.75) is 64.1 Å². The second-order valence-electron chi connectivity index (χ2n) is 10.7. The minimum atomic E-state index is -4.19. The summed E-state index contributed by atoms with van der Waals surface area (Å²) in [5.74, 6) is -0.916. The number of amides is 2. The van der Waals surface area contributed by atoms with Crippen molar-refractivity contribution in [3.63, 3.8) is 0 Å². The van der Waals surface area contributed by atoms with E-state index in [0.717, 1.165) is 9.87 Å². The van der Waals surface area contributed by atoms with Gasteiger partial charge in [-0.3, -0.25) is 13.9 Å². The number of sulfonamides is 1. The average molecular weight is 639 g/mol. The molecule has 0 aliphatic carbocycles. The topological polar surface area (TPSA) is 86.8 Å². The summed E-state index contributed by atoms with van der Waals surface area (Å²) in [5.41, 5.74) is 1.32. The second-order valence-corrected chi connectivity index (χ2v) is 13.8. The quantitative estimate of drug-likeness (QED) is 0.263. The van der Waals surface area contributed by atoms with Gasteiger partial charge in [0.05, 0.1) is 20.6 Å². The first kappa shape index (κ1) is 32.7. The van der Waals surface area contributed by atoms with Gasteiger partial charge in [0.25, 0.3) is 10.0 Å². The summed E-state index contributed by atoms with van der Waals surface area (Å²) in [6.07, 6.45) is 0.295. The molecule has 11 heteroatoms. The summed E-state index contributed by atoms with van der Waals surface area (Å²) >= 11 is 18.3. The van der Waals surface area contributed by atoms with E-state index in [1.807, 2.05) is 27.7 Å². The van der Waals surface area contributed by atoms with Crippen molar-refractivity contribution < 1.29 is 18.0 Å². The van der Waals surface area contributed by atoms with Crippen molar-refractivity contribution in [2.75, 3.05) is 10.8 Å². The lowest BCUT2D eigenvalue weighted by Gasteiger charge is -2.34. The first-order chi connectivity index (χ1) is 19.1. The Morgan fingerprint density at radius 2 is 1.51 bits per heavy atom. The van der Waals surface area contributed by atoms with Crippen LogP contribution in [0, 0.1) is 6.92 Å². The van der Waals surface area contributed by atoms with Gasteiger partial charge >= 0.3 is 0 Å². The van der Waals surface area contributed by atoms with Crippen LogP contribution in [0.4, 0.5) is 5.69 Å². The molecule has 1 unspecified atom stereocenters. The Kier molecular flexibility index (Phi) is 10.7. The Hall–Kier alpha value is -2.78. The van der Waals surface area contributed by atoms with E-state index in [2.05, 4.69) is 5.32 Å². The molecule has 0 spiro atoms.